The van der Waals surface area contributed by atoms with E-state index in [1.807, 2.05) is 0 Å². The first-order valence-electron chi connectivity index (χ1n) is 6.07. The summed E-state index contributed by atoms with van der Waals surface area (Å²) in [7, 11) is -3.03. The Balaban J connectivity index is 2.07. The number of fused-ring (bicyclic) bond motifs is 1. The second kappa shape index (κ2) is 5.61. The molecule has 0 saturated carbocycles. The number of carbonyl (C=O) groups is 1. The van der Waals surface area contributed by atoms with Gasteiger partial charge in [0.25, 0.3) is 0 Å². The van der Waals surface area contributed by atoms with Gasteiger partial charge in [-0.3, -0.25) is 4.79 Å². The van der Waals surface area contributed by atoms with E-state index in [4.69, 9.17) is 9.47 Å². The number of para-hydroxylation sites is 1. The molecular weight excluding hydrogens is 268 g/mol. The highest BCUT2D eigenvalue weighted by molar-refractivity contribution is 7.90. The molecule has 5 nitrogen and oxygen atoms in total. The Labute approximate surface area is 112 Å². The molecular formula is C13H16O5S. The molecule has 104 valence electrons. The first kappa shape index (κ1) is 13.9. The lowest BCUT2D eigenvalue weighted by Gasteiger charge is -2.20. The van der Waals surface area contributed by atoms with E-state index in [9.17, 15) is 13.2 Å². The van der Waals surface area contributed by atoms with Crippen LogP contribution in [0.25, 0.3) is 0 Å². The zero-order chi connectivity index (χ0) is 13.9. The van der Waals surface area contributed by atoms with Crippen LogP contribution in [0, 0.1) is 0 Å². The maximum atomic E-state index is 12.1. The van der Waals surface area contributed by atoms with E-state index >= 15 is 0 Å². The highest BCUT2D eigenvalue weighted by atomic mass is 32.2. The number of hydrogen-bond acceptors (Lipinski definition) is 5. The normalized spacial score (nSPS) is 14.2. The molecule has 0 aliphatic carbocycles. The van der Waals surface area contributed by atoms with E-state index in [1.54, 1.807) is 18.2 Å². The van der Waals surface area contributed by atoms with Gasteiger partial charge in [-0.1, -0.05) is 6.07 Å². The van der Waals surface area contributed by atoms with Crippen LogP contribution in [0.5, 0.6) is 11.5 Å². The molecule has 0 spiro atoms. The quantitative estimate of drug-likeness (QED) is 0.766. The van der Waals surface area contributed by atoms with Gasteiger partial charge in [-0.2, -0.15) is 0 Å². The molecule has 1 aromatic rings. The van der Waals surface area contributed by atoms with Crippen molar-refractivity contribution in [2.45, 2.75) is 12.8 Å². The van der Waals surface area contributed by atoms with Gasteiger partial charge < -0.3 is 9.47 Å². The monoisotopic (exact) mass is 284 g/mol. The van der Waals surface area contributed by atoms with E-state index in [-0.39, 0.29) is 18.0 Å². The predicted octanol–water partition coefficient (Wildman–Crippen LogP) is 1.47. The van der Waals surface area contributed by atoms with Gasteiger partial charge in [0.1, 0.15) is 23.1 Å². The van der Waals surface area contributed by atoms with Crippen molar-refractivity contribution in [1.29, 1.82) is 0 Å². The highest BCUT2D eigenvalue weighted by Crippen LogP contribution is 2.34. The summed E-state index contributed by atoms with van der Waals surface area (Å²) in [6.07, 6.45) is 1.67. The van der Waals surface area contributed by atoms with Crippen LogP contribution in [-0.4, -0.2) is 39.4 Å². The van der Waals surface area contributed by atoms with E-state index < -0.39 is 9.84 Å². The molecule has 0 radical (unpaired) electrons. The van der Waals surface area contributed by atoms with Gasteiger partial charge in [0.05, 0.1) is 11.3 Å². The van der Waals surface area contributed by atoms with Gasteiger partial charge >= 0.3 is 0 Å². The maximum absolute atomic E-state index is 12.1. The highest BCUT2D eigenvalue weighted by Gasteiger charge is 2.20. The topological polar surface area (TPSA) is 69.7 Å². The molecule has 1 aliphatic heterocycles. The number of ether oxygens (including phenoxy) is 2. The lowest BCUT2D eigenvalue weighted by Crippen LogP contribution is -2.18. The van der Waals surface area contributed by atoms with Crippen molar-refractivity contribution in [3.63, 3.8) is 0 Å². The minimum atomic E-state index is -3.03. The molecule has 0 fully saturated rings. The van der Waals surface area contributed by atoms with Crippen LogP contribution in [0.3, 0.4) is 0 Å². The standard InChI is InChI=1S/C13H16O5S/c1-19(15,16)9-3-5-11(14)10-4-2-6-12-13(10)18-8-7-17-12/h2,4,6H,3,5,7-9H2,1H3. The first-order chi connectivity index (χ1) is 8.97. The summed E-state index contributed by atoms with van der Waals surface area (Å²) in [5.41, 5.74) is 0.464. The summed E-state index contributed by atoms with van der Waals surface area (Å²) in [4.78, 5) is 12.1. The van der Waals surface area contributed by atoms with Crippen molar-refractivity contribution in [3.05, 3.63) is 23.8 Å². The number of sulfone groups is 1. The molecule has 19 heavy (non-hydrogen) atoms. The zero-order valence-electron chi connectivity index (χ0n) is 10.7. The Hall–Kier alpha value is -1.56. The van der Waals surface area contributed by atoms with Crippen LogP contribution in [0.2, 0.25) is 0 Å². The molecule has 0 atom stereocenters. The summed E-state index contributed by atoms with van der Waals surface area (Å²) >= 11 is 0. The van der Waals surface area contributed by atoms with E-state index in [2.05, 4.69) is 0 Å². The van der Waals surface area contributed by atoms with E-state index in [1.165, 1.54) is 6.26 Å². The Bertz CT molecular complexity index is 577. The summed E-state index contributed by atoms with van der Waals surface area (Å²) < 4.78 is 32.9. The summed E-state index contributed by atoms with van der Waals surface area (Å²) in [5, 5.41) is 0. The average Bonchev–Trinajstić information content (AvgIpc) is 2.36. The molecule has 2 rings (SSSR count). The molecule has 6 heteroatoms. The number of rotatable bonds is 5. The van der Waals surface area contributed by atoms with Crippen molar-refractivity contribution >= 4 is 15.6 Å². The molecule has 0 unspecified atom stereocenters. The van der Waals surface area contributed by atoms with Crippen molar-refractivity contribution in [1.82, 2.24) is 0 Å². The number of benzene rings is 1. The molecule has 1 aliphatic rings. The Kier molecular flexibility index (Phi) is 4.09. The van der Waals surface area contributed by atoms with Gasteiger partial charge in [-0.15, -0.1) is 0 Å². The minimum absolute atomic E-state index is 0.0190. The summed E-state index contributed by atoms with van der Waals surface area (Å²) in [6, 6.07) is 5.16. The fraction of sp³-hybridized carbons (Fsp3) is 0.462. The first-order valence-corrected chi connectivity index (χ1v) is 8.13. The Morgan fingerprint density at radius 3 is 2.74 bits per heavy atom. The number of Topliss-reactive ketones (excluding diaryl/α,β-unsaturated/α-hetero) is 1. The maximum Gasteiger partial charge on any atom is 0.172 e. The predicted molar refractivity (Wildman–Crippen MR) is 70.7 cm³/mol. The zero-order valence-corrected chi connectivity index (χ0v) is 11.5. The van der Waals surface area contributed by atoms with E-state index in [0.29, 0.717) is 36.7 Å². The fourth-order valence-corrected chi connectivity index (χ4v) is 2.59. The van der Waals surface area contributed by atoms with Gasteiger partial charge in [-0.05, 0) is 18.6 Å². The van der Waals surface area contributed by atoms with Crippen LogP contribution in [0.15, 0.2) is 18.2 Å². The summed E-state index contributed by atoms with van der Waals surface area (Å²) in [5.74, 6) is 0.940. The van der Waals surface area contributed by atoms with Gasteiger partial charge in [0, 0.05) is 12.7 Å². The van der Waals surface area contributed by atoms with Crippen molar-refractivity contribution in [2.75, 3.05) is 25.2 Å². The molecule has 0 aromatic heterocycles. The SMILES string of the molecule is CS(=O)(=O)CCCC(=O)c1cccc2c1OCCO2. The van der Waals surface area contributed by atoms with Crippen molar-refractivity contribution in [2.24, 2.45) is 0 Å². The van der Waals surface area contributed by atoms with Crippen LogP contribution in [0.4, 0.5) is 0 Å². The Morgan fingerprint density at radius 1 is 1.26 bits per heavy atom. The molecule has 0 bridgehead atoms. The molecule has 0 N–H and O–H groups in total. The second-order valence-electron chi connectivity index (χ2n) is 4.49. The van der Waals surface area contributed by atoms with E-state index in [0.717, 1.165) is 0 Å². The smallest absolute Gasteiger partial charge is 0.172 e. The second-order valence-corrected chi connectivity index (χ2v) is 6.75. The van der Waals surface area contributed by atoms with Crippen LogP contribution >= 0.6 is 0 Å². The van der Waals surface area contributed by atoms with Gasteiger partial charge in [0.2, 0.25) is 0 Å². The fourth-order valence-electron chi connectivity index (χ4n) is 1.92. The lowest BCUT2D eigenvalue weighted by molar-refractivity contribution is 0.0971. The summed E-state index contributed by atoms with van der Waals surface area (Å²) in [6.45, 7) is 0.888. The molecule has 0 saturated heterocycles. The van der Waals surface area contributed by atoms with Crippen LogP contribution < -0.4 is 9.47 Å². The number of ketones is 1. The molecule has 1 aromatic carbocycles. The number of carbonyl (C=O) groups excluding carboxylic acids is 1. The largest absolute Gasteiger partial charge is 0.486 e. The average molecular weight is 284 g/mol. The van der Waals surface area contributed by atoms with Crippen LogP contribution in [0.1, 0.15) is 23.2 Å². The Morgan fingerprint density at radius 2 is 2.00 bits per heavy atom. The lowest BCUT2D eigenvalue weighted by atomic mass is 10.1. The molecule has 1 heterocycles. The third kappa shape index (κ3) is 3.70. The van der Waals surface area contributed by atoms with Gasteiger partial charge in [-0.25, -0.2) is 8.42 Å². The van der Waals surface area contributed by atoms with Crippen molar-refractivity contribution in [3.8, 4) is 11.5 Å². The van der Waals surface area contributed by atoms with Gasteiger partial charge in [0.15, 0.2) is 17.3 Å². The van der Waals surface area contributed by atoms with Crippen LogP contribution in [-0.2, 0) is 9.84 Å². The molecule has 0 amide bonds. The van der Waals surface area contributed by atoms with Crippen molar-refractivity contribution < 1.29 is 22.7 Å². The third-order valence-corrected chi connectivity index (χ3v) is 3.82. The third-order valence-electron chi connectivity index (χ3n) is 2.79. The minimum Gasteiger partial charge on any atom is -0.486 e. The number of hydrogen-bond donors (Lipinski definition) is 0.